The summed E-state index contributed by atoms with van der Waals surface area (Å²) in [5, 5.41) is 4.47. The Balaban J connectivity index is 1.68. The van der Waals surface area contributed by atoms with Crippen LogP contribution in [0, 0.1) is 6.85 Å². The van der Waals surface area contributed by atoms with E-state index in [-0.39, 0.29) is 24.9 Å². The van der Waals surface area contributed by atoms with Crippen LogP contribution in [0.2, 0.25) is 0 Å². The largest absolute Gasteiger partial charge is 0.368 e. The van der Waals surface area contributed by atoms with Gasteiger partial charge < -0.3 is 15.5 Å². The van der Waals surface area contributed by atoms with Crippen LogP contribution in [0.5, 0.6) is 0 Å². The first kappa shape index (κ1) is 10.3. The maximum Gasteiger partial charge on any atom is 0.263 e. The molecule has 3 aromatic rings. The molecule has 9 heteroatoms. The first-order valence-corrected chi connectivity index (χ1v) is 9.90. The Morgan fingerprint density at radius 2 is 2.00 bits per heavy atom. The van der Waals surface area contributed by atoms with Crippen molar-refractivity contribution in [3.05, 3.63) is 46.0 Å². The Bertz CT molecular complexity index is 1820. The van der Waals surface area contributed by atoms with Crippen LogP contribution >= 0.6 is 0 Å². The van der Waals surface area contributed by atoms with Crippen molar-refractivity contribution in [2.75, 3.05) is 36.3 Å². The van der Waals surface area contributed by atoms with Gasteiger partial charge in [0, 0.05) is 64.3 Å². The number of anilines is 3. The van der Waals surface area contributed by atoms with E-state index in [4.69, 9.17) is 20.6 Å². The number of pyridine rings is 2. The Labute approximate surface area is 213 Å². The van der Waals surface area contributed by atoms with E-state index in [1.165, 1.54) is 23.2 Å². The molecule has 3 aromatic heterocycles. The van der Waals surface area contributed by atoms with Gasteiger partial charge in [0.25, 0.3) is 5.56 Å². The fraction of sp³-hybridized carbons (Fsp3) is 0.458. The first-order valence-electron chi connectivity index (χ1n) is 17.4. The summed E-state index contributed by atoms with van der Waals surface area (Å²) in [6, 6.07) is 0.296. The topological polar surface area (TPSA) is 105 Å². The van der Waals surface area contributed by atoms with E-state index in [1.54, 1.807) is 0 Å². The molecule has 0 radical (unpaired) electrons. The van der Waals surface area contributed by atoms with Gasteiger partial charge in [0.2, 0.25) is 5.95 Å². The van der Waals surface area contributed by atoms with Gasteiger partial charge in [0.05, 0.1) is 17.4 Å². The molecule has 0 aromatic carbocycles. The van der Waals surface area contributed by atoms with Crippen LogP contribution in [-0.2, 0) is 0 Å². The third-order valence-corrected chi connectivity index (χ3v) is 5.11. The second-order valence-corrected chi connectivity index (χ2v) is 7.21. The van der Waals surface area contributed by atoms with Gasteiger partial charge in [-0.25, -0.2) is 9.97 Å². The van der Waals surface area contributed by atoms with E-state index >= 15 is 0 Å². The number of rotatable bonds is 5. The lowest BCUT2D eigenvalue weighted by molar-refractivity contribution is 0.101. The molecule has 2 fully saturated rings. The maximum atomic E-state index is 14.0. The molecule has 0 amide bonds. The smallest absolute Gasteiger partial charge is 0.263 e. The number of Topliss-reactive ketones (excluding diaryl/α,β-unsaturated/α-hetero) is 1. The van der Waals surface area contributed by atoms with Crippen molar-refractivity contribution in [2.45, 2.75) is 45.3 Å². The molecule has 0 unspecified atom stereocenters. The van der Waals surface area contributed by atoms with Gasteiger partial charge in [-0.3, -0.25) is 14.2 Å². The lowest BCUT2D eigenvalue weighted by Crippen LogP contribution is -2.43. The summed E-state index contributed by atoms with van der Waals surface area (Å²) in [6.45, 7) is -6.76. The number of carbonyl (C=O) groups is 1. The standard InChI is InChI=1S/C24H29N7O2/c1-15-19-14-27-24(28-20-8-7-18(13-26-20)30-11-9-25-10-12-30)29-22(19)31(17-5-3-4-6-17)23(33)21(15)16(2)32/h7-8,13-14,17,25H,3-6,9-12H2,1-2H3,(H,26,27,28,29)/i1D3,3D2,4D2,5D2,6D2,9D2,10D2. The molecule has 2 N–H and O–H groups in total. The molecule has 1 aliphatic carbocycles. The number of hydrogen-bond donors (Lipinski definition) is 2. The van der Waals surface area contributed by atoms with Crippen LogP contribution in [-0.4, -0.2) is 51.4 Å². The molecule has 5 rings (SSSR count). The molecule has 0 atom stereocenters. The molecule has 1 saturated carbocycles. The predicted molar refractivity (Wildman–Crippen MR) is 129 cm³/mol. The van der Waals surface area contributed by atoms with Gasteiger partial charge in [-0.2, -0.15) is 4.98 Å². The average Bonchev–Trinajstić information content (AvgIpc) is 2.98. The number of piperazine rings is 1. The third-order valence-electron chi connectivity index (χ3n) is 5.11. The lowest BCUT2D eigenvalue weighted by atomic mass is 10.0. The van der Waals surface area contributed by atoms with Crippen LogP contribution in [0.15, 0.2) is 29.3 Å². The van der Waals surface area contributed by atoms with E-state index in [9.17, 15) is 9.59 Å². The fourth-order valence-electron chi connectivity index (χ4n) is 3.52. The van der Waals surface area contributed by atoms with E-state index in [0.717, 1.165) is 13.1 Å². The van der Waals surface area contributed by atoms with E-state index in [1.807, 2.05) is 0 Å². The average molecular weight is 463 g/mol. The Morgan fingerprint density at radius 3 is 2.67 bits per heavy atom. The SMILES string of the molecule is [2H]C1([2H])CN(c2ccc(Nc3ncc4c(C([2H])([2H])[2H])c(C(C)=O)c(=O)n(C5C([2H])([2H])C([2H])([2H])C([2H])([2H])C5([2H])[2H])c4n3)nc2)CC([2H])([2H])N1. The number of hydrogen-bond acceptors (Lipinski definition) is 8. The Hall–Kier alpha value is -3.33. The Kier molecular flexibility index (Phi) is 2.78. The summed E-state index contributed by atoms with van der Waals surface area (Å²) >= 11 is 0. The summed E-state index contributed by atoms with van der Waals surface area (Å²) in [6.07, 6.45) is -11.7. The maximum absolute atomic E-state index is 14.0. The summed E-state index contributed by atoms with van der Waals surface area (Å²) in [5.41, 5.74) is -3.65. The third kappa shape index (κ3) is 4.08. The minimum Gasteiger partial charge on any atom is -0.368 e. The van der Waals surface area contributed by atoms with Crippen molar-refractivity contribution >= 4 is 34.3 Å². The summed E-state index contributed by atoms with van der Waals surface area (Å²) in [5.74, 6) is -1.42. The van der Waals surface area contributed by atoms with E-state index in [2.05, 4.69) is 25.6 Å². The molecule has 33 heavy (non-hydrogen) atoms. The monoisotopic (exact) mass is 462 g/mol. The quantitative estimate of drug-likeness (QED) is 0.558. The number of nitrogens with zero attached hydrogens (tertiary/aromatic N) is 5. The van der Waals surface area contributed by atoms with Crippen molar-refractivity contribution in [2.24, 2.45) is 0 Å². The summed E-state index contributed by atoms with van der Waals surface area (Å²) in [7, 11) is 0. The van der Waals surface area contributed by atoms with Crippen molar-refractivity contribution < 1.29 is 25.4 Å². The van der Waals surface area contributed by atoms with Crippen LogP contribution < -0.4 is 21.1 Å². The number of nitrogens with one attached hydrogen (secondary N) is 2. The lowest BCUT2D eigenvalue weighted by Gasteiger charge is -2.29. The van der Waals surface area contributed by atoms with Crippen molar-refractivity contribution in [1.29, 1.82) is 0 Å². The summed E-state index contributed by atoms with van der Waals surface area (Å²) in [4.78, 5) is 40.6. The number of fused-ring (bicyclic) bond motifs is 1. The molecule has 2 aliphatic rings. The number of aryl methyl sites for hydroxylation is 1. The highest BCUT2D eigenvalue weighted by Crippen LogP contribution is 2.32. The highest BCUT2D eigenvalue weighted by atomic mass is 16.1. The van der Waals surface area contributed by atoms with Gasteiger partial charge in [0.15, 0.2) is 5.78 Å². The van der Waals surface area contributed by atoms with Gasteiger partial charge in [-0.1, -0.05) is 12.7 Å². The highest BCUT2D eigenvalue weighted by molar-refractivity contribution is 5.99. The number of aromatic nitrogens is 4. The normalized spacial score (nSPS) is 33.2. The van der Waals surface area contributed by atoms with Gasteiger partial charge in [0.1, 0.15) is 11.5 Å². The van der Waals surface area contributed by atoms with Crippen molar-refractivity contribution in [1.82, 2.24) is 24.8 Å². The van der Waals surface area contributed by atoms with Crippen LogP contribution in [0.4, 0.5) is 17.5 Å². The minimum absolute atomic E-state index is 0.0451. The second kappa shape index (κ2) is 8.90. The summed E-state index contributed by atoms with van der Waals surface area (Å²) < 4.78 is 123. The zero-order valence-corrected chi connectivity index (χ0v) is 17.4. The first-order chi connectivity index (χ1) is 21.7. The van der Waals surface area contributed by atoms with Crippen LogP contribution in [0.3, 0.4) is 0 Å². The van der Waals surface area contributed by atoms with Crippen LogP contribution in [0.25, 0.3) is 11.0 Å². The molecule has 1 saturated heterocycles. The molecule has 9 nitrogen and oxygen atoms in total. The van der Waals surface area contributed by atoms with Crippen LogP contribution in [0.1, 0.15) is 74.9 Å². The highest BCUT2D eigenvalue weighted by Gasteiger charge is 2.25. The van der Waals surface area contributed by atoms with E-state index in [0.29, 0.717) is 10.3 Å². The van der Waals surface area contributed by atoms with Gasteiger partial charge in [-0.05, 0) is 44.2 Å². The number of carbonyl (C=O) groups excluding carboxylic acids is 1. The zero-order valence-electron chi connectivity index (χ0n) is 32.4. The molecule has 0 spiro atoms. The number of ketones is 1. The second-order valence-electron chi connectivity index (χ2n) is 7.21. The fourth-order valence-corrected chi connectivity index (χ4v) is 3.52. The molecule has 1 aliphatic heterocycles. The van der Waals surface area contributed by atoms with Crippen molar-refractivity contribution in [3.8, 4) is 0 Å². The molecule has 0 bridgehead atoms. The predicted octanol–water partition coefficient (Wildman–Crippen LogP) is 2.97. The molecular weight excluding hydrogens is 418 g/mol. The molecule has 4 heterocycles. The minimum atomic E-state index is -3.53. The zero-order chi connectivity index (χ0) is 36.2. The molecule has 172 valence electrons. The van der Waals surface area contributed by atoms with Crippen molar-refractivity contribution in [3.63, 3.8) is 0 Å². The van der Waals surface area contributed by atoms with E-state index < -0.39 is 84.9 Å². The molecular formula is C24H29N7O2. The Morgan fingerprint density at radius 1 is 1.21 bits per heavy atom. The van der Waals surface area contributed by atoms with Gasteiger partial charge in [-0.15, -0.1) is 0 Å². The van der Waals surface area contributed by atoms with Gasteiger partial charge >= 0.3 is 0 Å².